The Morgan fingerprint density at radius 1 is 1.03 bits per heavy atom. The standard InChI is InChI=1S/C24H32N2O2S/c1-4-6-16-25-24(28)22(5-2)26(17-20-14-12-19(3)13-15-20)23(27)18-29-21-10-8-7-9-11-21/h7-15,22H,4-6,16-18H2,1-3H3,(H,25,28)/t22-/m1/s1. The van der Waals surface area contributed by atoms with Crippen molar-refractivity contribution in [2.75, 3.05) is 12.3 Å². The Bertz CT molecular complexity index is 762. The van der Waals surface area contributed by atoms with Gasteiger partial charge in [0.25, 0.3) is 0 Å². The minimum atomic E-state index is -0.461. The summed E-state index contributed by atoms with van der Waals surface area (Å²) >= 11 is 1.51. The van der Waals surface area contributed by atoms with E-state index in [1.165, 1.54) is 17.3 Å². The first-order chi connectivity index (χ1) is 14.0. The van der Waals surface area contributed by atoms with Gasteiger partial charge < -0.3 is 10.2 Å². The molecular weight excluding hydrogens is 380 g/mol. The van der Waals surface area contributed by atoms with Crippen LogP contribution in [-0.2, 0) is 16.1 Å². The Labute approximate surface area is 179 Å². The highest BCUT2D eigenvalue weighted by atomic mass is 32.2. The van der Waals surface area contributed by atoms with Crippen LogP contribution >= 0.6 is 11.8 Å². The van der Waals surface area contributed by atoms with Crippen LogP contribution in [0.1, 0.15) is 44.2 Å². The molecule has 0 aromatic heterocycles. The number of amides is 2. The van der Waals surface area contributed by atoms with Gasteiger partial charge in [0.05, 0.1) is 5.75 Å². The topological polar surface area (TPSA) is 49.4 Å². The lowest BCUT2D eigenvalue weighted by Gasteiger charge is -2.30. The van der Waals surface area contributed by atoms with E-state index < -0.39 is 6.04 Å². The van der Waals surface area contributed by atoms with E-state index in [1.54, 1.807) is 4.90 Å². The number of carbonyl (C=O) groups excluding carboxylic acids is 2. The maximum absolute atomic E-state index is 13.1. The summed E-state index contributed by atoms with van der Waals surface area (Å²) in [6.07, 6.45) is 2.56. The predicted octanol–water partition coefficient (Wildman–Crippen LogP) is 4.81. The maximum Gasteiger partial charge on any atom is 0.242 e. The van der Waals surface area contributed by atoms with Crippen LogP contribution in [-0.4, -0.2) is 35.1 Å². The Kier molecular flexibility index (Phi) is 9.78. The smallest absolute Gasteiger partial charge is 0.242 e. The molecule has 0 saturated heterocycles. The van der Waals surface area contributed by atoms with Gasteiger partial charge in [-0.05, 0) is 37.5 Å². The Hall–Kier alpha value is -2.27. The molecule has 0 heterocycles. The average Bonchev–Trinajstić information content (AvgIpc) is 2.74. The quantitative estimate of drug-likeness (QED) is 0.426. The number of nitrogens with zero attached hydrogens (tertiary/aromatic N) is 1. The molecule has 1 atom stereocenters. The third-order valence-corrected chi connectivity index (χ3v) is 5.79. The number of nitrogens with one attached hydrogen (secondary N) is 1. The second kappa shape index (κ2) is 12.3. The van der Waals surface area contributed by atoms with Crippen molar-refractivity contribution in [2.45, 2.75) is 57.5 Å². The van der Waals surface area contributed by atoms with Gasteiger partial charge in [-0.15, -0.1) is 11.8 Å². The van der Waals surface area contributed by atoms with Crippen molar-refractivity contribution in [3.05, 3.63) is 65.7 Å². The number of thioether (sulfide) groups is 1. The Morgan fingerprint density at radius 3 is 2.34 bits per heavy atom. The number of carbonyl (C=O) groups is 2. The van der Waals surface area contributed by atoms with Gasteiger partial charge in [-0.2, -0.15) is 0 Å². The molecule has 0 unspecified atom stereocenters. The molecular formula is C24H32N2O2S. The first-order valence-electron chi connectivity index (χ1n) is 10.4. The van der Waals surface area contributed by atoms with Crippen LogP contribution in [0.5, 0.6) is 0 Å². The Balaban J connectivity index is 2.14. The van der Waals surface area contributed by atoms with Crippen molar-refractivity contribution in [2.24, 2.45) is 0 Å². The number of unbranched alkanes of at least 4 members (excludes halogenated alkanes) is 1. The molecule has 0 bridgehead atoms. The van der Waals surface area contributed by atoms with Crippen LogP contribution < -0.4 is 5.32 Å². The second-order valence-electron chi connectivity index (χ2n) is 7.18. The van der Waals surface area contributed by atoms with Crippen LogP contribution in [0.15, 0.2) is 59.5 Å². The highest BCUT2D eigenvalue weighted by Crippen LogP contribution is 2.20. The fraction of sp³-hybridized carbons (Fsp3) is 0.417. The summed E-state index contributed by atoms with van der Waals surface area (Å²) in [5, 5.41) is 3.00. The molecule has 0 aliphatic heterocycles. The predicted molar refractivity (Wildman–Crippen MR) is 121 cm³/mol. The molecule has 1 N–H and O–H groups in total. The molecule has 0 aliphatic rings. The summed E-state index contributed by atoms with van der Waals surface area (Å²) in [7, 11) is 0. The molecule has 0 radical (unpaired) electrons. The zero-order valence-electron chi connectivity index (χ0n) is 17.7. The van der Waals surface area contributed by atoms with Gasteiger partial charge in [-0.25, -0.2) is 0 Å². The molecule has 2 rings (SSSR count). The molecule has 29 heavy (non-hydrogen) atoms. The lowest BCUT2D eigenvalue weighted by atomic mass is 10.1. The molecule has 0 spiro atoms. The van der Waals surface area contributed by atoms with Gasteiger partial charge in [-0.1, -0.05) is 68.3 Å². The van der Waals surface area contributed by atoms with Gasteiger partial charge >= 0.3 is 0 Å². The van der Waals surface area contributed by atoms with Gasteiger partial charge in [0.1, 0.15) is 6.04 Å². The van der Waals surface area contributed by atoms with E-state index in [9.17, 15) is 9.59 Å². The molecule has 4 nitrogen and oxygen atoms in total. The van der Waals surface area contributed by atoms with E-state index in [0.29, 0.717) is 25.3 Å². The summed E-state index contributed by atoms with van der Waals surface area (Å²) < 4.78 is 0. The summed E-state index contributed by atoms with van der Waals surface area (Å²) in [6, 6.07) is 17.6. The van der Waals surface area contributed by atoms with Gasteiger partial charge in [0, 0.05) is 18.0 Å². The summed E-state index contributed by atoms with van der Waals surface area (Å²) in [4.78, 5) is 28.7. The number of rotatable bonds is 11. The lowest BCUT2D eigenvalue weighted by Crippen LogP contribution is -2.49. The van der Waals surface area contributed by atoms with E-state index in [2.05, 4.69) is 12.2 Å². The number of hydrogen-bond donors (Lipinski definition) is 1. The van der Waals surface area contributed by atoms with Crippen molar-refractivity contribution >= 4 is 23.6 Å². The monoisotopic (exact) mass is 412 g/mol. The fourth-order valence-corrected chi connectivity index (χ4v) is 3.87. The SMILES string of the molecule is CCCCNC(=O)[C@@H](CC)N(Cc1ccc(C)cc1)C(=O)CSc1ccccc1. The summed E-state index contributed by atoms with van der Waals surface area (Å²) in [5.74, 6) is 0.234. The van der Waals surface area contributed by atoms with Crippen molar-refractivity contribution in [1.29, 1.82) is 0 Å². The first-order valence-corrected chi connectivity index (χ1v) is 11.3. The minimum absolute atomic E-state index is 0.0167. The molecule has 0 fully saturated rings. The maximum atomic E-state index is 13.1. The van der Waals surface area contributed by atoms with Gasteiger partial charge in [-0.3, -0.25) is 9.59 Å². The zero-order chi connectivity index (χ0) is 21.1. The van der Waals surface area contributed by atoms with Crippen LogP contribution in [0.4, 0.5) is 0 Å². The van der Waals surface area contributed by atoms with Crippen LogP contribution in [0.25, 0.3) is 0 Å². The van der Waals surface area contributed by atoms with Crippen LogP contribution in [0.2, 0.25) is 0 Å². The van der Waals surface area contributed by atoms with Gasteiger partial charge in [0.2, 0.25) is 11.8 Å². The lowest BCUT2D eigenvalue weighted by molar-refractivity contribution is -0.139. The van der Waals surface area contributed by atoms with Crippen LogP contribution in [0.3, 0.4) is 0 Å². The number of hydrogen-bond acceptors (Lipinski definition) is 3. The number of benzene rings is 2. The molecule has 156 valence electrons. The first kappa shape index (κ1) is 23.0. The van der Waals surface area contributed by atoms with E-state index in [1.807, 2.05) is 68.4 Å². The summed E-state index contributed by atoms with van der Waals surface area (Å²) in [5.41, 5.74) is 2.21. The van der Waals surface area contributed by atoms with Crippen molar-refractivity contribution in [1.82, 2.24) is 10.2 Å². The fourth-order valence-electron chi connectivity index (χ4n) is 3.06. The molecule has 2 amide bonds. The largest absolute Gasteiger partial charge is 0.354 e. The van der Waals surface area contributed by atoms with Crippen molar-refractivity contribution < 1.29 is 9.59 Å². The van der Waals surface area contributed by atoms with Crippen LogP contribution in [0, 0.1) is 6.92 Å². The van der Waals surface area contributed by atoms with Crippen molar-refractivity contribution in [3.8, 4) is 0 Å². The molecule has 2 aromatic rings. The Morgan fingerprint density at radius 2 is 1.72 bits per heavy atom. The molecule has 2 aromatic carbocycles. The minimum Gasteiger partial charge on any atom is -0.354 e. The second-order valence-corrected chi connectivity index (χ2v) is 8.23. The van der Waals surface area contributed by atoms with E-state index in [-0.39, 0.29) is 11.8 Å². The highest BCUT2D eigenvalue weighted by Gasteiger charge is 2.28. The third-order valence-electron chi connectivity index (χ3n) is 4.79. The van der Waals surface area contributed by atoms with Crippen molar-refractivity contribution in [3.63, 3.8) is 0 Å². The molecule has 5 heteroatoms. The van der Waals surface area contributed by atoms with E-state index >= 15 is 0 Å². The normalized spacial score (nSPS) is 11.7. The van der Waals surface area contributed by atoms with E-state index in [0.717, 1.165) is 23.3 Å². The number of aryl methyl sites for hydroxylation is 1. The summed E-state index contributed by atoms with van der Waals surface area (Å²) in [6.45, 7) is 7.19. The molecule has 0 saturated carbocycles. The average molecular weight is 413 g/mol. The van der Waals surface area contributed by atoms with Gasteiger partial charge in [0.15, 0.2) is 0 Å². The molecule has 0 aliphatic carbocycles. The zero-order valence-corrected chi connectivity index (χ0v) is 18.5. The van der Waals surface area contributed by atoms with E-state index in [4.69, 9.17) is 0 Å². The highest BCUT2D eigenvalue weighted by molar-refractivity contribution is 8.00. The third kappa shape index (κ3) is 7.58.